The standard InChI is InChI=1S/C13H26N2O/c1-2-3-4-5-10-14-11-6-7-13(16)15-12-8-9-12/h12,14H,2-11H2,1H3,(H,15,16). The Bertz CT molecular complexity index is 190. The first-order chi connectivity index (χ1) is 7.83. The van der Waals surface area contributed by atoms with Gasteiger partial charge < -0.3 is 10.6 Å². The molecule has 0 radical (unpaired) electrons. The van der Waals surface area contributed by atoms with E-state index in [1.807, 2.05) is 0 Å². The summed E-state index contributed by atoms with van der Waals surface area (Å²) in [5, 5.41) is 6.39. The van der Waals surface area contributed by atoms with E-state index in [1.54, 1.807) is 0 Å². The van der Waals surface area contributed by atoms with Gasteiger partial charge in [0.25, 0.3) is 0 Å². The third-order valence-corrected chi connectivity index (χ3v) is 2.91. The molecular weight excluding hydrogens is 200 g/mol. The van der Waals surface area contributed by atoms with Gasteiger partial charge >= 0.3 is 0 Å². The molecule has 0 saturated heterocycles. The molecule has 0 aliphatic heterocycles. The summed E-state index contributed by atoms with van der Waals surface area (Å²) in [5.41, 5.74) is 0. The molecule has 3 nitrogen and oxygen atoms in total. The number of carbonyl (C=O) groups is 1. The number of hydrogen-bond acceptors (Lipinski definition) is 2. The molecule has 1 aliphatic rings. The molecular formula is C13H26N2O. The van der Waals surface area contributed by atoms with E-state index in [0.29, 0.717) is 12.5 Å². The van der Waals surface area contributed by atoms with Crippen molar-refractivity contribution in [2.75, 3.05) is 13.1 Å². The van der Waals surface area contributed by atoms with Gasteiger partial charge in [-0.15, -0.1) is 0 Å². The molecule has 3 heteroatoms. The summed E-state index contributed by atoms with van der Waals surface area (Å²) in [5.74, 6) is 0.232. The monoisotopic (exact) mass is 226 g/mol. The molecule has 1 fully saturated rings. The molecule has 0 unspecified atom stereocenters. The van der Waals surface area contributed by atoms with Gasteiger partial charge in [0, 0.05) is 12.5 Å². The van der Waals surface area contributed by atoms with Crippen LogP contribution in [0.3, 0.4) is 0 Å². The Morgan fingerprint density at radius 2 is 1.88 bits per heavy atom. The van der Waals surface area contributed by atoms with E-state index in [4.69, 9.17) is 0 Å². The van der Waals surface area contributed by atoms with Crippen LogP contribution in [0.5, 0.6) is 0 Å². The van der Waals surface area contributed by atoms with Gasteiger partial charge in [-0.3, -0.25) is 4.79 Å². The summed E-state index contributed by atoms with van der Waals surface area (Å²) in [6.07, 6.45) is 9.23. The highest BCUT2D eigenvalue weighted by Gasteiger charge is 2.22. The Hall–Kier alpha value is -0.570. The minimum Gasteiger partial charge on any atom is -0.353 e. The fourth-order valence-electron chi connectivity index (χ4n) is 1.70. The Morgan fingerprint density at radius 3 is 2.56 bits per heavy atom. The summed E-state index contributed by atoms with van der Waals surface area (Å²) in [6.45, 7) is 4.31. The van der Waals surface area contributed by atoms with E-state index < -0.39 is 0 Å². The van der Waals surface area contributed by atoms with Crippen molar-refractivity contribution in [1.29, 1.82) is 0 Å². The van der Waals surface area contributed by atoms with Crippen molar-refractivity contribution in [3.05, 3.63) is 0 Å². The summed E-state index contributed by atoms with van der Waals surface area (Å²) < 4.78 is 0. The molecule has 0 aromatic carbocycles. The van der Waals surface area contributed by atoms with Gasteiger partial charge in [0.2, 0.25) is 5.91 Å². The largest absolute Gasteiger partial charge is 0.353 e. The SMILES string of the molecule is CCCCCCNCCCC(=O)NC1CC1. The van der Waals surface area contributed by atoms with E-state index in [-0.39, 0.29) is 5.91 Å². The van der Waals surface area contributed by atoms with Crippen LogP contribution in [0.1, 0.15) is 58.3 Å². The van der Waals surface area contributed by atoms with Crippen molar-refractivity contribution in [2.24, 2.45) is 0 Å². The van der Waals surface area contributed by atoms with E-state index in [1.165, 1.54) is 38.5 Å². The van der Waals surface area contributed by atoms with Crippen molar-refractivity contribution in [2.45, 2.75) is 64.3 Å². The maximum atomic E-state index is 11.3. The zero-order chi connectivity index (χ0) is 11.6. The van der Waals surface area contributed by atoms with Crippen molar-refractivity contribution >= 4 is 5.91 Å². The van der Waals surface area contributed by atoms with E-state index in [2.05, 4.69) is 17.6 Å². The van der Waals surface area contributed by atoms with Gasteiger partial charge in [-0.05, 0) is 38.8 Å². The molecule has 0 aromatic rings. The van der Waals surface area contributed by atoms with Crippen LogP contribution >= 0.6 is 0 Å². The van der Waals surface area contributed by atoms with Crippen LogP contribution in [-0.4, -0.2) is 25.0 Å². The first-order valence-electron chi connectivity index (χ1n) is 6.83. The lowest BCUT2D eigenvalue weighted by Crippen LogP contribution is -2.26. The van der Waals surface area contributed by atoms with Crippen LogP contribution in [0.15, 0.2) is 0 Å². The number of nitrogens with one attached hydrogen (secondary N) is 2. The zero-order valence-corrected chi connectivity index (χ0v) is 10.6. The molecule has 1 aliphatic carbocycles. The van der Waals surface area contributed by atoms with Gasteiger partial charge in [-0.1, -0.05) is 26.2 Å². The molecule has 1 rings (SSSR count). The maximum absolute atomic E-state index is 11.3. The van der Waals surface area contributed by atoms with Gasteiger partial charge in [-0.25, -0.2) is 0 Å². The maximum Gasteiger partial charge on any atom is 0.220 e. The second kappa shape index (κ2) is 8.57. The lowest BCUT2D eigenvalue weighted by atomic mass is 10.2. The van der Waals surface area contributed by atoms with E-state index in [9.17, 15) is 4.79 Å². The van der Waals surface area contributed by atoms with Gasteiger partial charge in [0.1, 0.15) is 0 Å². The van der Waals surface area contributed by atoms with Crippen molar-refractivity contribution in [1.82, 2.24) is 10.6 Å². The first-order valence-corrected chi connectivity index (χ1v) is 6.83. The number of rotatable bonds is 10. The molecule has 94 valence electrons. The molecule has 0 heterocycles. The number of carbonyl (C=O) groups excluding carboxylic acids is 1. The summed E-state index contributed by atoms with van der Waals surface area (Å²) in [4.78, 5) is 11.3. The van der Waals surface area contributed by atoms with Gasteiger partial charge in [0.15, 0.2) is 0 Å². The summed E-state index contributed by atoms with van der Waals surface area (Å²) >= 11 is 0. The fraction of sp³-hybridized carbons (Fsp3) is 0.923. The Balaban J connectivity index is 1.75. The normalized spacial score (nSPS) is 15.1. The number of amides is 1. The first kappa shape index (κ1) is 13.5. The number of unbranched alkanes of at least 4 members (excludes halogenated alkanes) is 3. The minimum atomic E-state index is 0.232. The molecule has 1 amide bonds. The van der Waals surface area contributed by atoms with E-state index in [0.717, 1.165) is 19.5 Å². The van der Waals surface area contributed by atoms with Crippen molar-refractivity contribution < 1.29 is 4.79 Å². The second-order valence-corrected chi connectivity index (χ2v) is 4.76. The molecule has 0 aromatic heterocycles. The number of hydrogen-bond donors (Lipinski definition) is 2. The average Bonchev–Trinajstić information content (AvgIpc) is 3.06. The summed E-state index contributed by atoms with van der Waals surface area (Å²) in [6, 6.07) is 0.509. The molecule has 2 N–H and O–H groups in total. The quantitative estimate of drug-likeness (QED) is 0.561. The molecule has 0 bridgehead atoms. The Morgan fingerprint density at radius 1 is 1.12 bits per heavy atom. The molecule has 1 saturated carbocycles. The van der Waals surface area contributed by atoms with Crippen molar-refractivity contribution in [3.63, 3.8) is 0 Å². The topological polar surface area (TPSA) is 41.1 Å². The fourth-order valence-corrected chi connectivity index (χ4v) is 1.70. The minimum absolute atomic E-state index is 0.232. The third-order valence-electron chi connectivity index (χ3n) is 2.91. The zero-order valence-electron chi connectivity index (χ0n) is 10.6. The predicted molar refractivity (Wildman–Crippen MR) is 67.4 cm³/mol. The van der Waals surface area contributed by atoms with Crippen LogP contribution in [0, 0.1) is 0 Å². The van der Waals surface area contributed by atoms with Crippen LogP contribution in [0.25, 0.3) is 0 Å². The van der Waals surface area contributed by atoms with Gasteiger partial charge in [0.05, 0.1) is 0 Å². The highest BCUT2D eigenvalue weighted by molar-refractivity contribution is 5.76. The lowest BCUT2D eigenvalue weighted by molar-refractivity contribution is -0.121. The summed E-state index contributed by atoms with van der Waals surface area (Å²) in [7, 11) is 0. The third kappa shape index (κ3) is 7.69. The van der Waals surface area contributed by atoms with Gasteiger partial charge in [-0.2, -0.15) is 0 Å². The smallest absolute Gasteiger partial charge is 0.220 e. The second-order valence-electron chi connectivity index (χ2n) is 4.76. The Labute approximate surface area is 99.4 Å². The van der Waals surface area contributed by atoms with Crippen LogP contribution in [0.2, 0.25) is 0 Å². The highest BCUT2D eigenvalue weighted by Crippen LogP contribution is 2.18. The predicted octanol–water partition coefficient (Wildman–Crippen LogP) is 2.22. The van der Waals surface area contributed by atoms with Crippen molar-refractivity contribution in [3.8, 4) is 0 Å². The molecule has 16 heavy (non-hydrogen) atoms. The lowest BCUT2D eigenvalue weighted by Gasteiger charge is -2.05. The molecule has 0 spiro atoms. The van der Waals surface area contributed by atoms with E-state index >= 15 is 0 Å². The molecule has 0 atom stereocenters. The van der Waals surface area contributed by atoms with Crippen LogP contribution in [0.4, 0.5) is 0 Å². The van der Waals surface area contributed by atoms with Crippen LogP contribution < -0.4 is 10.6 Å². The highest BCUT2D eigenvalue weighted by atomic mass is 16.1. The average molecular weight is 226 g/mol. The van der Waals surface area contributed by atoms with Crippen LogP contribution in [-0.2, 0) is 4.79 Å². The Kier molecular flexibility index (Phi) is 7.23.